The Balaban J connectivity index is 2.62. The SMILES string of the molecule is CCc1ccc(NS(=O)(=O)N(C)CCCNC)cc1. The molecule has 0 saturated carbocycles. The minimum atomic E-state index is -3.46. The maximum absolute atomic E-state index is 12.0. The summed E-state index contributed by atoms with van der Waals surface area (Å²) in [6.07, 6.45) is 1.72. The Labute approximate surface area is 116 Å². The van der Waals surface area contributed by atoms with Gasteiger partial charge in [0.2, 0.25) is 0 Å². The van der Waals surface area contributed by atoms with E-state index < -0.39 is 10.2 Å². The molecular formula is C13H23N3O2S. The number of aryl methyl sites for hydroxylation is 1. The number of anilines is 1. The normalized spacial score (nSPS) is 11.8. The van der Waals surface area contributed by atoms with Crippen molar-refractivity contribution < 1.29 is 8.42 Å². The van der Waals surface area contributed by atoms with Crippen molar-refractivity contribution in [1.82, 2.24) is 9.62 Å². The van der Waals surface area contributed by atoms with Gasteiger partial charge < -0.3 is 5.32 Å². The molecule has 0 unspecified atom stereocenters. The topological polar surface area (TPSA) is 61.4 Å². The minimum absolute atomic E-state index is 0.489. The number of nitrogens with zero attached hydrogens (tertiary/aromatic N) is 1. The van der Waals surface area contributed by atoms with Gasteiger partial charge in [-0.2, -0.15) is 12.7 Å². The Morgan fingerprint density at radius 3 is 2.37 bits per heavy atom. The number of hydrogen-bond donors (Lipinski definition) is 2. The second kappa shape index (κ2) is 7.47. The number of benzene rings is 1. The van der Waals surface area contributed by atoms with E-state index in [2.05, 4.69) is 17.0 Å². The van der Waals surface area contributed by atoms with Crippen molar-refractivity contribution in [3.8, 4) is 0 Å². The predicted octanol–water partition coefficient (Wildman–Crippen LogP) is 1.45. The Kier molecular flexibility index (Phi) is 6.27. The highest BCUT2D eigenvalue weighted by molar-refractivity contribution is 7.90. The lowest BCUT2D eigenvalue weighted by molar-refractivity contribution is 0.462. The third kappa shape index (κ3) is 5.18. The van der Waals surface area contributed by atoms with Crippen LogP contribution in [0.1, 0.15) is 18.9 Å². The van der Waals surface area contributed by atoms with E-state index in [0.29, 0.717) is 12.2 Å². The maximum Gasteiger partial charge on any atom is 0.301 e. The van der Waals surface area contributed by atoms with Crippen LogP contribution >= 0.6 is 0 Å². The molecule has 0 atom stereocenters. The Bertz CT molecular complexity index is 471. The maximum atomic E-state index is 12.0. The van der Waals surface area contributed by atoms with Crippen LogP contribution in [0, 0.1) is 0 Å². The van der Waals surface area contributed by atoms with Crippen LogP contribution in [-0.4, -0.2) is 39.9 Å². The summed E-state index contributed by atoms with van der Waals surface area (Å²) in [5, 5.41) is 2.99. The van der Waals surface area contributed by atoms with E-state index in [-0.39, 0.29) is 0 Å². The van der Waals surface area contributed by atoms with Gasteiger partial charge in [-0.3, -0.25) is 4.72 Å². The first-order valence-electron chi connectivity index (χ1n) is 6.47. The Morgan fingerprint density at radius 1 is 1.21 bits per heavy atom. The molecule has 0 aliphatic heterocycles. The molecule has 0 heterocycles. The van der Waals surface area contributed by atoms with Crippen molar-refractivity contribution in [1.29, 1.82) is 0 Å². The molecule has 0 radical (unpaired) electrons. The molecule has 108 valence electrons. The second-order valence-corrected chi connectivity index (χ2v) is 6.21. The highest BCUT2D eigenvalue weighted by Gasteiger charge is 2.16. The van der Waals surface area contributed by atoms with Crippen LogP contribution in [0.5, 0.6) is 0 Å². The van der Waals surface area contributed by atoms with Crippen molar-refractivity contribution in [3.05, 3.63) is 29.8 Å². The first-order chi connectivity index (χ1) is 8.99. The lowest BCUT2D eigenvalue weighted by Crippen LogP contribution is -2.34. The molecule has 0 aliphatic carbocycles. The van der Waals surface area contributed by atoms with Crippen LogP contribution < -0.4 is 10.0 Å². The van der Waals surface area contributed by atoms with Crippen LogP contribution in [0.3, 0.4) is 0 Å². The van der Waals surface area contributed by atoms with Crippen molar-refractivity contribution >= 4 is 15.9 Å². The van der Waals surface area contributed by atoms with Crippen molar-refractivity contribution in [2.75, 3.05) is 31.9 Å². The molecule has 1 aromatic carbocycles. The van der Waals surface area contributed by atoms with Gasteiger partial charge in [0.15, 0.2) is 0 Å². The van der Waals surface area contributed by atoms with Gasteiger partial charge in [-0.05, 0) is 44.1 Å². The van der Waals surface area contributed by atoms with Gasteiger partial charge in [0, 0.05) is 19.3 Å². The fourth-order valence-electron chi connectivity index (χ4n) is 1.63. The highest BCUT2D eigenvalue weighted by atomic mass is 32.2. The van der Waals surface area contributed by atoms with E-state index in [1.165, 1.54) is 9.87 Å². The molecule has 0 aromatic heterocycles. The van der Waals surface area contributed by atoms with E-state index in [1.807, 2.05) is 19.2 Å². The first-order valence-corrected chi connectivity index (χ1v) is 7.91. The minimum Gasteiger partial charge on any atom is -0.320 e. The smallest absolute Gasteiger partial charge is 0.301 e. The molecule has 6 heteroatoms. The molecule has 0 amide bonds. The molecule has 0 aliphatic rings. The molecular weight excluding hydrogens is 262 g/mol. The van der Waals surface area contributed by atoms with Crippen molar-refractivity contribution in [2.24, 2.45) is 0 Å². The summed E-state index contributed by atoms with van der Waals surface area (Å²) < 4.78 is 28.0. The van der Waals surface area contributed by atoms with Gasteiger partial charge in [-0.1, -0.05) is 19.1 Å². The van der Waals surface area contributed by atoms with Crippen molar-refractivity contribution in [2.45, 2.75) is 19.8 Å². The molecule has 0 fully saturated rings. The van der Waals surface area contributed by atoms with E-state index in [0.717, 1.165) is 19.4 Å². The van der Waals surface area contributed by atoms with Crippen LogP contribution in [0.25, 0.3) is 0 Å². The molecule has 1 rings (SSSR count). The molecule has 19 heavy (non-hydrogen) atoms. The lowest BCUT2D eigenvalue weighted by atomic mass is 10.2. The van der Waals surface area contributed by atoms with Gasteiger partial charge in [0.25, 0.3) is 0 Å². The largest absolute Gasteiger partial charge is 0.320 e. The summed E-state index contributed by atoms with van der Waals surface area (Å²) in [6.45, 7) is 3.35. The molecule has 0 bridgehead atoms. The monoisotopic (exact) mass is 285 g/mol. The van der Waals surface area contributed by atoms with Crippen molar-refractivity contribution in [3.63, 3.8) is 0 Å². The molecule has 5 nitrogen and oxygen atoms in total. The van der Waals surface area contributed by atoms with Crippen LogP contribution in [0.4, 0.5) is 5.69 Å². The van der Waals surface area contributed by atoms with E-state index in [9.17, 15) is 8.42 Å². The number of rotatable bonds is 8. The van der Waals surface area contributed by atoms with Gasteiger partial charge in [-0.15, -0.1) is 0 Å². The number of nitrogens with one attached hydrogen (secondary N) is 2. The Morgan fingerprint density at radius 2 is 1.84 bits per heavy atom. The summed E-state index contributed by atoms with van der Waals surface area (Å²) >= 11 is 0. The van der Waals surface area contributed by atoms with Crippen LogP contribution in [-0.2, 0) is 16.6 Å². The third-order valence-corrected chi connectivity index (χ3v) is 4.42. The summed E-state index contributed by atoms with van der Waals surface area (Å²) in [6, 6.07) is 7.44. The van der Waals surface area contributed by atoms with Gasteiger partial charge in [0.05, 0.1) is 0 Å². The zero-order valence-corrected chi connectivity index (χ0v) is 12.6. The average molecular weight is 285 g/mol. The third-order valence-electron chi connectivity index (χ3n) is 2.92. The lowest BCUT2D eigenvalue weighted by Gasteiger charge is -2.18. The van der Waals surface area contributed by atoms with E-state index in [1.54, 1.807) is 19.2 Å². The second-order valence-electron chi connectivity index (χ2n) is 4.44. The van der Waals surface area contributed by atoms with Gasteiger partial charge >= 0.3 is 10.2 Å². The fourth-order valence-corrected chi connectivity index (χ4v) is 2.59. The quantitative estimate of drug-likeness (QED) is 0.711. The summed E-state index contributed by atoms with van der Waals surface area (Å²) in [7, 11) is -0.0268. The van der Waals surface area contributed by atoms with Gasteiger partial charge in [-0.25, -0.2) is 0 Å². The first kappa shape index (κ1) is 15.9. The van der Waals surface area contributed by atoms with Gasteiger partial charge in [0.1, 0.15) is 0 Å². The average Bonchev–Trinajstić information content (AvgIpc) is 2.39. The summed E-state index contributed by atoms with van der Waals surface area (Å²) in [5.74, 6) is 0. The van der Waals surface area contributed by atoms with E-state index in [4.69, 9.17) is 0 Å². The zero-order chi connectivity index (χ0) is 14.3. The van der Waals surface area contributed by atoms with Crippen LogP contribution in [0.15, 0.2) is 24.3 Å². The predicted molar refractivity (Wildman–Crippen MR) is 79.5 cm³/mol. The highest BCUT2D eigenvalue weighted by Crippen LogP contribution is 2.13. The molecule has 1 aromatic rings. The fraction of sp³-hybridized carbons (Fsp3) is 0.538. The molecule has 0 spiro atoms. The number of hydrogen-bond acceptors (Lipinski definition) is 3. The molecule has 0 saturated heterocycles. The van der Waals surface area contributed by atoms with Crippen LogP contribution in [0.2, 0.25) is 0 Å². The molecule has 2 N–H and O–H groups in total. The summed E-state index contributed by atoms with van der Waals surface area (Å²) in [4.78, 5) is 0. The zero-order valence-electron chi connectivity index (χ0n) is 11.8. The Hall–Kier alpha value is -1.11. The van der Waals surface area contributed by atoms with E-state index >= 15 is 0 Å². The standard InChI is InChI=1S/C13H23N3O2S/c1-4-12-6-8-13(9-7-12)15-19(17,18)16(3)11-5-10-14-2/h6-9,14-15H,4-5,10-11H2,1-3H3. The summed E-state index contributed by atoms with van der Waals surface area (Å²) in [5.41, 5.74) is 1.78.